The van der Waals surface area contributed by atoms with E-state index in [4.69, 9.17) is 0 Å². The molecule has 4 aromatic rings. The van der Waals surface area contributed by atoms with E-state index in [9.17, 15) is 9.18 Å². The van der Waals surface area contributed by atoms with Crippen LogP contribution < -0.4 is 10.6 Å². The number of fused-ring (bicyclic) bond motifs is 1. The smallest absolute Gasteiger partial charge is 0.243 e. The molecular weight excluding hydrogens is 391 g/mol. The van der Waals surface area contributed by atoms with Crippen LogP contribution in [-0.4, -0.2) is 32.2 Å². The van der Waals surface area contributed by atoms with Crippen LogP contribution in [0.25, 0.3) is 21.3 Å². The van der Waals surface area contributed by atoms with Gasteiger partial charge in [0.05, 0.1) is 29.0 Å². The lowest BCUT2D eigenvalue weighted by molar-refractivity contribution is -0.114. The van der Waals surface area contributed by atoms with Crippen LogP contribution in [0.1, 0.15) is 11.4 Å². The number of thiophene rings is 1. The number of benzene rings is 1. The molecule has 29 heavy (non-hydrogen) atoms. The highest BCUT2D eigenvalue weighted by molar-refractivity contribution is 7.17. The van der Waals surface area contributed by atoms with Gasteiger partial charge < -0.3 is 10.6 Å². The van der Waals surface area contributed by atoms with Gasteiger partial charge in [0, 0.05) is 18.0 Å². The molecule has 0 saturated heterocycles. The molecule has 0 radical (unpaired) electrons. The Bertz CT molecular complexity index is 1200. The van der Waals surface area contributed by atoms with Crippen LogP contribution in [0.3, 0.4) is 0 Å². The van der Waals surface area contributed by atoms with Crippen LogP contribution in [0.15, 0.2) is 36.0 Å². The first kappa shape index (κ1) is 19.0. The van der Waals surface area contributed by atoms with E-state index in [1.54, 1.807) is 16.8 Å². The highest BCUT2D eigenvalue weighted by atomic mass is 32.1. The molecule has 3 aromatic heterocycles. The number of anilines is 2. The zero-order valence-electron chi connectivity index (χ0n) is 16.2. The van der Waals surface area contributed by atoms with Gasteiger partial charge in [-0.15, -0.1) is 11.3 Å². The van der Waals surface area contributed by atoms with Crippen molar-refractivity contribution in [2.24, 2.45) is 7.05 Å². The first-order valence-electron chi connectivity index (χ1n) is 8.96. The van der Waals surface area contributed by atoms with Crippen molar-refractivity contribution in [3.63, 3.8) is 0 Å². The maximum absolute atomic E-state index is 13.3. The minimum absolute atomic E-state index is 0.0403. The van der Waals surface area contributed by atoms with Gasteiger partial charge in [-0.3, -0.25) is 9.48 Å². The lowest BCUT2D eigenvalue weighted by Gasteiger charge is -2.09. The Morgan fingerprint density at radius 2 is 1.97 bits per heavy atom. The number of aromatic nitrogens is 4. The van der Waals surface area contributed by atoms with Gasteiger partial charge in [0.15, 0.2) is 0 Å². The van der Waals surface area contributed by atoms with Crippen molar-refractivity contribution in [3.05, 3.63) is 53.2 Å². The summed E-state index contributed by atoms with van der Waals surface area (Å²) in [5.41, 5.74) is 4.12. The monoisotopic (exact) mass is 410 g/mol. The maximum atomic E-state index is 13.3. The Balaban J connectivity index is 1.57. The Morgan fingerprint density at radius 1 is 1.21 bits per heavy atom. The molecule has 9 heteroatoms. The molecule has 0 atom stereocenters. The van der Waals surface area contributed by atoms with Crippen molar-refractivity contribution >= 4 is 39.0 Å². The number of hydrogen-bond donors (Lipinski definition) is 2. The lowest BCUT2D eigenvalue weighted by Crippen LogP contribution is -2.23. The van der Waals surface area contributed by atoms with Gasteiger partial charge in [0.2, 0.25) is 5.91 Å². The van der Waals surface area contributed by atoms with E-state index in [0.717, 1.165) is 38.4 Å². The Kier molecular flexibility index (Phi) is 4.98. The molecule has 0 aliphatic heterocycles. The highest BCUT2D eigenvalue weighted by Crippen LogP contribution is 2.36. The topological polar surface area (TPSA) is 84.7 Å². The third-order valence-corrected chi connectivity index (χ3v) is 5.60. The average Bonchev–Trinajstić information content (AvgIpc) is 3.24. The minimum Gasteiger partial charge on any atom is -0.360 e. The largest absolute Gasteiger partial charge is 0.360 e. The summed E-state index contributed by atoms with van der Waals surface area (Å²) < 4.78 is 15.0. The van der Waals surface area contributed by atoms with E-state index < -0.39 is 0 Å². The molecule has 1 amide bonds. The molecular formula is C20H19FN6OS. The van der Waals surface area contributed by atoms with E-state index in [1.165, 1.54) is 29.8 Å². The SMILES string of the molecule is Cc1nn(C)c(C)c1NC(=O)CNc1ncnc2scc(-c3ccc(F)cc3)c12. The van der Waals surface area contributed by atoms with Gasteiger partial charge in [-0.2, -0.15) is 5.10 Å². The van der Waals surface area contributed by atoms with E-state index in [2.05, 4.69) is 25.7 Å². The summed E-state index contributed by atoms with van der Waals surface area (Å²) in [6, 6.07) is 6.27. The second-order valence-electron chi connectivity index (χ2n) is 6.63. The zero-order chi connectivity index (χ0) is 20.5. The molecule has 7 nitrogen and oxygen atoms in total. The molecule has 148 valence electrons. The number of halogens is 1. The predicted octanol–water partition coefficient (Wildman–Crippen LogP) is 3.90. The van der Waals surface area contributed by atoms with E-state index in [1.807, 2.05) is 26.3 Å². The van der Waals surface area contributed by atoms with Crippen molar-refractivity contribution in [3.8, 4) is 11.1 Å². The molecule has 3 heterocycles. The fraction of sp³-hybridized carbons (Fsp3) is 0.200. The second-order valence-corrected chi connectivity index (χ2v) is 7.49. The van der Waals surface area contributed by atoms with Crippen LogP contribution >= 0.6 is 11.3 Å². The van der Waals surface area contributed by atoms with Crippen molar-refractivity contribution in [1.82, 2.24) is 19.7 Å². The fourth-order valence-electron chi connectivity index (χ4n) is 3.15. The summed E-state index contributed by atoms with van der Waals surface area (Å²) in [4.78, 5) is 21.9. The number of amides is 1. The minimum atomic E-state index is -0.291. The van der Waals surface area contributed by atoms with Gasteiger partial charge in [-0.25, -0.2) is 14.4 Å². The summed E-state index contributed by atoms with van der Waals surface area (Å²) >= 11 is 1.47. The number of aryl methyl sites for hydroxylation is 2. The third kappa shape index (κ3) is 3.68. The molecule has 0 spiro atoms. The lowest BCUT2D eigenvalue weighted by atomic mass is 10.1. The summed E-state index contributed by atoms with van der Waals surface area (Å²) in [6.07, 6.45) is 1.46. The average molecular weight is 410 g/mol. The van der Waals surface area contributed by atoms with Crippen LogP contribution in [0.5, 0.6) is 0 Å². The summed E-state index contributed by atoms with van der Waals surface area (Å²) in [7, 11) is 1.83. The van der Waals surface area contributed by atoms with Crippen LogP contribution in [-0.2, 0) is 11.8 Å². The second kappa shape index (κ2) is 7.59. The van der Waals surface area contributed by atoms with Gasteiger partial charge in [0.25, 0.3) is 0 Å². The number of carbonyl (C=O) groups is 1. The molecule has 0 fully saturated rings. The van der Waals surface area contributed by atoms with Gasteiger partial charge in [-0.05, 0) is 31.5 Å². The number of nitrogens with one attached hydrogen (secondary N) is 2. The van der Waals surface area contributed by atoms with Gasteiger partial charge in [-0.1, -0.05) is 12.1 Å². The van der Waals surface area contributed by atoms with Crippen molar-refractivity contribution in [1.29, 1.82) is 0 Å². The number of rotatable bonds is 5. The zero-order valence-corrected chi connectivity index (χ0v) is 17.0. The summed E-state index contributed by atoms with van der Waals surface area (Å²) in [6.45, 7) is 3.79. The highest BCUT2D eigenvalue weighted by Gasteiger charge is 2.16. The van der Waals surface area contributed by atoms with E-state index in [0.29, 0.717) is 5.82 Å². The Hall–Kier alpha value is -3.33. The molecule has 4 rings (SSSR count). The standard InChI is InChI=1S/C20H19FN6OS/c1-11-18(12(2)27(3)26-11)25-16(28)8-22-19-17-15(9-29-20(17)24-10-23-19)13-4-6-14(21)7-5-13/h4-7,9-10H,8H2,1-3H3,(H,25,28)(H,22,23,24). The maximum Gasteiger partial charge on any atom is 0.243 e. The van der Waals surface area contributed by atoms with Gasteiger partial charge in [0.1, 0.15) is 22.8 Å². The van der Waals surface area contributed by atoms with Gasteiger partial charge >= 0.3 is 0 Å². The predicted molar refractivity (Wildman–Crippen MR) is 113 cm³/mol. The van der Waals surface area contributed by atoms with Crippen molar-refractivity contribution < 1.29 is 9.18 Å². The first-order chi connectivity index (χ1) is 13.9. The molecule has 0 saturated carbocycles. The fourth-order valence-corrected chi connectivity index (χ4v) is 4.07. The van der Waals surface area contributed by atoms with Crippen LogP contribution in [0.2, 0.25) is 0 Å². The molecule has 0 aliphatic rings. The van der Waals surface area contributed by atoms with E-state index in [-0.39, 0.29) is 18.3 Å². The number of hydrogen-bond acceptors (Lipinski definition) is 6. The van der Waals surface area contributed by atoms with E-state index >= 15 is 0 Å². The molecule has 1 aromatic carbocycles. The molecule has 0 bridgehead atoms. The van der Waals surface area contributed by atoms with Crippen molar-refractivity contribution in [2.75, 3.05) is 17.2 Å². The first-order valence-corrected chi connectivity index (χ1v) is 9.84. The summed E-state index contributed by atoms with van der Waals surface area (Å²) in [5.74, 6) is 0.0698. The number of nitrogens with zero attached hydrogens (tertiary/aromatic N) is 4. The van der Waals surface area contributed by atoms with Crippen LogP contribution in [0, 0.1) is 19.7 Å². The molecule has 2 N–H and O–H groups in total. The molecule has 0 unspecified atom stereocenters. The normalized spacial score (nSPS) is 11.0. The Labute approximate surface area is 170 Å². The Morgan fingerprint density at radius 3 is 2.66 bits per heavy atom. The quantitative estimate of drug-likeness (QED) is 0.521. The van der Waals surface area contributed by atoms with Crippen molar-refractivity contribution in [2.45, 2.75) is 13.8 Å². The van der Waals surface area contributed by atoms with Crippen LogP contribution in [0.4, 0.5) is 15.9 Å². The number of carbonyl (C=O) groups excluding carboxylic acids is 1. The summed E-state index contributed by atoms with van der Waals surface area (Å²) in [5, 5.41) is 13.1. The molecule has 0 aliphatic carbocycles. The third-order valence-electron chi connectivity index (χ3n) is 4.72.